The quantitative estimate of drug-likeness (QED) is 0.229. The summed E-state index contributed by atoms with van der Waals surface area (Å²) in [5, 5.41) is 8.97. The molecule has 15 heteroatoms. The molecule has 0 bridgehead atoms. The lowest BCUT2D eigenvalue weighted by Crippen LogP contribution is -2.48. The molecule has 1 heterocycles. The summed E-state index contributed by atoms with van der Waals surface area (Å²) in [5.74, 6) is -0.507. The SMILES string of the molecule is CNS(=O)(=O)C[C@@H](OC)[C@@H](OP(OCCC#N)N(C(C)C)C(C)C)[C@@H](OC)n1ccc(=O)[nH]c1=O. The van der Waals surface area contributed by atoms with Gasteiger partial charge in [-0.25, -0.2) is 22.6 Å². The van der Waals surface area contributed by atoms with Crippen LogP contribution in [0.15, 0.2) is 21.9 Å². The molecule has 0 spiro atoms. The number of ether oxygens (including phenoxy) is 2. The normalized spacial score (nSPS) is 15.8. The van der Waals surface area contributed by atoms with Gasteiger partial charge in [-0.1, -0.05) is 0 Å². The Kier molecular flexibility index (Phi) is 13.2. The lowest BCUT2D eigenvalue weighted by atomic mass is 10.2. The average molecular weight is 538 g/mol. The number of aromatic nitrogens is 2. The molecule has 1 aromatic heterocycles. The van der Waals surface area contributed by atoms with Gasteiger partial charge in [0.2, 0.25) is 10.0 Å². The molecule has 0 aromatic carbocycles. The average Bonchev–Trinajstić information content (AvgIpc) is 2.78. The van der Waals surface area contributed by atoms with Crippen molar-refractivity contribution in [1.29, 1.82) is 5.26 Å². The Bertz CT molecular complexity index is 1030. The zero-order valence-corrected chi connectivity index (χ0v) is 22.8. The molecule has 0 aliphatic rings. The molecular formula is C20H36N5O8PS. The van der Waals surface area contributed by atoms with Crippen LogP contribution in [0.5, 0.6) is 0 Å². The van der Waals surface area contributed by atoms with Crippen molar-refractivity contribution in [3.05, 3.63) is 33.1 Å². The molecule has 4 atom stereocenters. The molecule has 2 N–H and O–H groups in total. The van der Waals surface area contributed by atoms with Gasteiger partial charge in [0.15, 0.2) is 6.23 Å². The van der Waals surface area contributed by atoms with E-state index in [0.29, 0.717) is 0 Å². The molecule has 0 aliphatic carbocycles. The monoisotopic (exact) mass is 537 g/mol. The third-order valence-electron chi connectivity index (χ3n) is 4.89. The van der Waals surface area contributed by atoms with E-state index < -0.39 is 54.0 Å². The molecule has 0 fully saturated rings. The van der Waals surface area contributed by atoms with E-state index in [1.807, 2.05) is 38.4 Å². The second-order valence-corrected chi connectivity index (χ2v) is 11.4. The van der Waals surface area contributed by atoms with Gasteiger partial charge < -0.3 is 18.5 Å². The molecule has 200 valence electrons. The zero-order valence-electron chi connectivity index (χ0n) is 21.1. The van der Waals surface area contributed by atoms with Gasteiger partial charge in [-0.2, -0.15) is 5.26 Å². The second kappa shape index (κ2) is 14.8. The number of sulfonamides is 1. The van der Waals surface area contributed by atoms with Crippen molar-refractivity contribution in [2.75, 3.05) is 33.6 Å². The van der Waals surface area contributed by atoms with Crippen molar-refractivity contribution >= 4 is 18.5 Å². The molecule has 1 rings (SSSR count). The van der Waals surface area contributed by atoms with Crippen LogP contribution in [0, 0.1) is 11.3 Å². The molecule has 0 aliphatic heterocycles. The third-order valence-corrected chi connectivity index (χ3v) is 8.40. The highest BCUT2D eigenvalue weighted by Crippen LogP contribution is 2.49. The first-order valence-electron chi connectivity index (χ1n) is 11.0. The number of nitriles is 1. The largest absolute Gasteiger partial charge is 0.377 e. The minimum atomic E-state index is -3.77. The summed E-state index contributed by atoms with van der Waals surface area (Å²) in [5.41, 5.74) is -1.38. The summed E-state index contributed by atoms with van der Waals surface area (Å²) in [6.45, 7) is 7.86. The summed E-state index contributed by atoms with van der Waals surface area (Å²) in [6.07, 6.45) is -2.13. The van der Waals surface area contributed by atoms with Crippen LogP contribution in [0.2, 0.25) is 0 Å². The molecule has 0 saturated carbocycles. The molecule has 0 amide bonds. The van der Waals surface area contributed by atoms with Crippen molar-refractivity contribution in [3.63, 3.8) is 0 Å². The predicted molar refractivity (Wildman–Crippen MR) is 131 cm³/mol. The van der Waals surface area contributed by atoms with Crippen LogP contribution in [0.1, 0.15) is 40.3 Å². The highest BCUT2D eigenvalue weighted by Gasteiger charge is 2.40. The third kappa shape index (κ3) is 9.36. The highest BCUT2D eigenvalue weighted by atomic mass is 32.2. The molecule has 1 unspecified atom stereocenters. The van der Waals surface area contributed by atoms with Gasteiger partial charge in [0, 0.05) is 38.6 Å². The zero-order chi connectivity index (χ0) is 26.8. The maximum Gasteiger partial charge on any atom is 0.330 e. The fourth-order valence-electron chi connectivity index (χ4n) is 3.33. The molecule has 0 saturated heterocycles. The Morgan fingerprint density at radius 1 is 1.20 bits per heavy atom. The first kappa shape index (κ1) is 31.3. The summed E-state index contributed by atoms with van der Waals surface area (Å²) >= 11 is 0. The van der Waals surface area contributed by atoms with Crippen LogP contribution >= 0.6 is 8.53 Å². The standard InChI is InChI=1S/C20H36N5O8PS/c1-14(2)25(15(3)4)34(32-12-8-10-21)33-18(16(30-6)13-35(28,29)22-5)19(31-7)24-11-9-17(26)23-20(24)27/h9,11,14-16,18-19,22H,8,12-13H2,1-7H3,(H,23,26,27)/t16-,18-,19-,34?/m1/s1. The summed E-state index contributed by atoms with van der Waals surface area (Å²) in [4.78, 5) is 26.3. The van der Waals surface area contributed by atoms with Crippen LogP contribution in [0.4, 0.5) is 0 Å². The topological polar surface area (TPSA) is 165 Å². The number of nitrogens with zero attached hydrogens (tertiary/aromatic N) is 3. The van der Waals surface area contributed by atoms with Crippen LogP contribution in [-0.2, 0) is 28.5 Å². The van der Waals surface area contributed by atoms with Gasteiger partial charge >= 0.3 is 5.69 Å². The van der Waals surface area contributed by atoms with Crippen LogP contribution in [-0.4, -0.2) is 80.6 Å². The maximum atomic E-state index is 12.6. The maximum absolute atomic E-state index is 12.6. The number of nitrogens with one attached hydrogen (secondary N) is 2. The number of hydrogen-bond acceptors (Lipinski definition) is 10. The fourth-order valence-corrected chi connectivity index (χ4v) is 6.01. The van der Waals surface area contributed by atoms with E-state index in [4.69, 9.17) is 23.8 Å². The fraction of sp³-hybridized carbons (Fsp3) is 0.750. The van der Waals surface area contributed by atoms with E-state index >= 15 is 0 Å². The van der Waals surface area contributed by atoms with Crippen molar-refractivity contribution < 1.29 is 26.9 Å². The summed E-state index contributed by atoms with van der Waals surface area (Å²) < 4.78 is 53.5. The first-order valence-corrected chi connectivity index (χ1v) is 13.7. The number of methoxy groups -OCH3 is 2. The van der Waals surface area contributed by atoms with Gasteiger partial charge in [-0.05, 0) is 34.7 Å². The number of hydrogen-bond donors (Lipinski definition) is 2. The van der Waals surface area contributed by atoms with E-state index in [2.05, 4.69) is 9.71 Å². The van der Waals surface area contributed by atoms with E-state index in [0.717, 1.165) is 10.6 Å². The Balaban J connectivity index is 3.63. The van der Waals surface area contributed by atoms with Gasteiger partial charge in [0.05, 0.1) is 24.8 Å². The minimum Gasteiger partial charge on any atom is -0.377 e. The van der Waals surface area contributed by atoms with Gasteiger partial charge in [0.1, 0.15) is 12.2 Å². The van der Waals surface area contributed by atoms with Gasteiger partial charge in [-0.15, -0.1) is 0 Å². The van der Waals surface area contributed by atoms with Crippen LogP contribution < -0.4 is 16.0 Å². The van der Waals surface area contributed by atoms with Gasteiger partial charge in [-0.3, -0.25) is 14.3 Å². The lowest BCUT2D eigenvalue weighted by molar-refractivity contribution is -0.106. The summed E-state index contributed by atoms with van der Waals surface area (Å²) in [7, 11) is -1.73. The number of aromatic amines is 1. The van der Waals surface area contributed by atoms with E-state index in [9.17, 15) is 18.0 Å². The van der Waals surface area contributed by atoms with Gasteiger partial charge in [0.25, 0.3) is 14.1 Å². The van der Waals surface area contributed by atoms with Crippen molar-refractivity contribution in [2.24, 2.45) is 0 Å². The predicted octanol–water partition coefficient (Wildman–Crippen LogP) is 0.907. The first-order chi connectivity index (χ1) is 16.4. The minimum absolute atomic E-state index is 0.0392. The molecule has 35 heavy (non-hydrogen) atoms. The van der Waals surface area contributed by atoms with Crippen molar-refractivity contribution in [2.45, 2.75) is 64.6 Å². The molecule has 0 radical (unpaired) electrons. The molecule has 1 aromatic rings. The van der Waals surface area contributed by atoms with Crippen LogP contribution in [0.3, 0.4) is 0 Å². The smallest absolute Gasteiger partial charge is 0.330 e. The second-order valence-electron chi connectivity index (χ2n) is 8.02. The van der Waals surface area contributed by atoms with Crippen molar-refractivity contribution in [1.82, 2.24) is 18.9 Å². The van der Waals surface area contributed by atoms with E-state index in [-0.39, 0.29) is 25.1 Å². The van der Waals surface area contributed by atoms with Crippen molar-refractivity contribution in [3.8, 4) is 6.07 Å². The lowest BCUT2D eigenvalue weighted by Gasteiger charge is -2.40. The Labute approximate surface area is 207 Å². The summed E-state index contributed by atoms with van der Waals surface area (Å²) in [6, 6.07) is 3.07. The number of rotatable bonds is 16. The number of H-pyrrole nitrogens is 1. The Morgan fingerprint density at radius 3 is 2.29 bits per heavy atom. The molecule has 13 nitrogen and oxygen atoms in total. The highest BCUT2D eigenvalue weighted by molar-refractivity contribution is 7.89. The van der Waals surface area contributed by atoms with Crippen LogP contribution in [0.25, 0.3) is 0 Å². The Hall–Kier alpha value is -1.69. The van der Waals surface area contributed by atoms with E-state index in [1.165, 1.54) is 27.5 Å². The Morgan fingerprint density at radius 2 is 1.83 bits per heavy atom. The molecular weight excluding hydrogens is 501 g/mol. The van der Waals surface area contributed by atoms with E-state index in [1.54, 1.807) is 0 Å².